The third kappa shape index (κ3) is 3.49. The standard InChI is InChI=1S/C18H17ClN4O2/c1-3-25-16-11-7-5-9-14(16)20-18(24)17-12(2)23(22-21-17)15-10-6-4-8-13(15)19/h4-11H,3H2,1-2H3,(H,20,24). The summed E-state index contributed by atoms with van der Waals surface area (Å²) in [6.45, 7) is 4.17. The summed E-state index contributed by atoms with van der Waals surface area (Å²) in [6.07, 6.45) is 0. The van der Waals surface area contributed by atoms with Gasteiger partial charge in [0, 0.05) is 0 Å². The van der Waals surface area contributed by atoms with Crippen molar-refractivity contribution < 1.29 is 9.53 Å². The Hall–Kier alpha value is -2.86. The lowest BCUT2D eigenvalue weighted by molar-refractivity contribution is 0.102. The molecule has 0 spiro atoms. The van der Waals surface area contributed by atoms with Crippen LogP contribution in [-0.4, -0.2) is 27.5 Å². The molecule has 25 heavy (non-hydrogen) atoms. The van der Waals surface area contributed by atoms with Crippen molar-refractivity contribution in [3.8, 4) is 11.4 Å². The summed E-state index contributed by atoms with van der Waals surface area (Å²) in [7, 11) is 0. The molecule has 0 aliphatic heterocycles. The molecule has 1 aromatic heterocycles. The van der Waals surface area contributed by atoms with Gasteiger partial charge in [0.1, 0.15) is 5.75 Å². The largest absolute Gasteiger partial charge is 0.492 e. The Labute approximate surface area is 150 Å². The zero-order chi connectivity index (χ0) is 17.8. The monoisotopic (exact) mass is 356 g/mol. The number of rotatable bonds is 5. The first-order valence-corrected chi connectivity index (χ1v) is 8.20. The zero-order valence-electron chi connectivity index (χ0n) is 13.9. The topological polar surface area (TPSA) is 69.0 Å². The number of hydrogen-bond acceptors (Lipinski definition) is 4. The van der Waals surface area contributed by atoms with Gasteiger partial charge >= 0.3 is 0 Å². The number of amides is 1. The molecule has 128 valence electrons. The van der Waals surface area contributed by atoms with E-state index in [9.17, 15) is 4.79 Å². The first-order chi connectivity index (χ1) is 12.1. The number of aromatic nitrogens is 3. The van der Waals surface area contributed by atoms with E-state index in [1.165, 1.54) is 0 Å². The molecular weight excluding hydrogens is 340 g/mol. The molecule has 3 rings (SSSR count). The maximum absolute atomic E-state index is 12.6. The van der Waals surface area contributed by atoms with Crippen LogP contribution in [0.3, 0.4) is 0 Å². The summed E-state index contributed by atoms with van der Waals surface area (Å²) in [5, 5.41) is 11.4. The van der Waals surface area contributed by atoms with E-state index >= 15 is 0 Å². The molecule has 1 heterocycles. The molecule has 0 aliphatic rings. The van der Waals surface area contributed by atoms with E-state index in [0.29, 0.717) is 34.4 Å². The second-order valence-corrected chi connectivity index (χ2v) is 5.68. The summed E-state index contributed by atoms with van der Waals surface area (Å²) in [5.41, 5.74) is 2.08. The summed E-state index contributed by atoms with van der Waals surface area (Å²) in [5.74, 6) is 0.248. The predicted octanol–water partition coefficient (Wildman–Crippen LogP) is 3.88. The predicted molar refractivity (Wildman–Crippen MR) is 96.7 cm³/mol. The minimum Gasteiger partial charge on any atom is -0.492 e. The summed E-state index contributed by atoms with van der Waals surface area (Å²) >= 11 is 6.20. The van der Waals surface area contributed by atoms with Crippen LogP contribution in [0.1, 0.15) is 23.1 Å². The van der Waals surface area contributed by atoms with Gasteiger partial charge in [-0.05, 0) is 38.1 Å². The van der Waals surface area contributed by atoms with E-state index in [0.717, 1.165) is 0 Å². The van der Waals surface area contributed by atoms with Gasteiger partial charge in [0.15, 0.2) is 5.69 Å². The Balaban J connectivity index is 1.89. The Morgan fingerprint density at radius 2 is 1.92 bits per heavy atom. The van der Waals surface area contributed by atoms with Crippen LogP contribution in [-0.2, 0) is 0 Å². The van der Waals surface area contributed by atoms with E-state index < -0.39 is 0 Å². The molecule has 0 fully saturated rings. The Bertz CT molecular complexity index is 908. The fourth-order valence-corrected chi connectivity index (χ4v) is 2.64. The summed E-state index contributed by atoms with van der Waals surface area (Å²) < 4.78 is 7.07. The summed E-state index contributed by atoms with van der Waals surface area (Å²) in [4.78, 5) is 12.6. The van der Waals surface area contributed by atoms with E-state index in [1.54, 1.807) is 29.8 Å². The molecule has 3 aromatic rings. The lowest BCUT2D eigenvalue weighted by Crippen LogP contribution is -2.15. The highest BCUT2D eigenvalue weighted by Gasteiger charge is 2.19. The van der Waals surface area contributed by atoms with Gasteiger partial charge in [-0.15, -0.1) is 5.10 Å². The highest BCUT2D eigenvalue weighted by molar-refractivity contribution is 6.32. The fraction of sp³-hybridized carbons (Fsp3) is 0.167. The van der Waals surface area contributed by atoms with Crippen LogP contribution in [0.5, 0.6) is 5.75 Å². The molecule has 1 N–H and O–H groups in total. The highest BCUT2D eigenvalue weighted by atomic mass is 35.5. The molecule has 0 saturated heterocycles. The lowest BCUT2D eigenvalue weighted by atomic mass is 10.2. The van der Waals surface area contributed by atoms with Crippen LogP contribution in [0.4, 0.5) is 5.69 Å². The van der Waals surface area contributed by atoms with Gasteiger partial charge in [-0.2, -0.15) is 0 Å². The number of anilines is 1. The molecule has 0 saturated carbocycles. The van der Waals surface area contributed by atoms with Crippen LogP contribution in [0.25, 0.3) is 5.69 Å². The molecule has 0 bridgehead atoms. The van der Waals surface area contributed by atoms with Gasteiger partial charge in [0.05, 0.1) is 28.7 Å². The molecule has 0 radical (unpaired) electrons. The van der Waals surface area contributed by atoms with Crippen LogP contribution < -0.4 is 10.1 Å². The second-order valence-electron chi connectivity index (χ2n) is 5.27. The van der Waals surface area contributed by atoms with E-state index in [4.69, 9.17) is 16.3 Å². The van der Waals surface area contributed by atoms with Crippen LogP contribution >= 0.6 is 11.6 Å². The van der Waals surface area contributed by atoms with Gasteiger partial charge in [-0.3, -0.25) is 4.79 Å². The van der Waals surface area contributed by atoms with E-state index in [1.807, 2.05) is 37.3 Å². The quantitative estimate of drug-likeness (QED) is 0.753. The fourth-order valence-electron chi connectivity index (χ4n) is 2.42. The maximum atomic E-state index is 12.6. The number of nitrogens with one attached hydrogen (secondary N) is 1. The molecule has 0 atom stereocenters. The maximum Gasteiger partial charge on any atom is 0.278 e. The Kier molecular flexibility index (Phi) is 5.00. The van der Waals surface area contributed by atoms with Crippen molar-refractivity contribution in [3.63, 3.8) is 0 Å². The Morgan fingerprint density at radius 1 is 1.20 bits per heavy atom. The number of halogens is 1. The first kappa shape index (κ1) is 17.0. The second kappa shape index (κ2) is 7.36. The van der Waals surface area contributed by atoms with Gasteiger partial charge in [0.2, 0.25) is 0 Å². The lowest BCUT2D eigenvalue weighted by Gasteiger charge is -2.10. The first-order valence-electron chi connectivity index (χ1n) is 7.82. The van der Waals surface area contributed by atoms with Crippen molar-refractivity contribution in [1.29, 1.82) is 0 Å². The normalized spacial score (nSPS) is 10.5. The number of nitrogens with zero attached hydrogens (tertiary/aromatic N) is 3. The minimum atomic E-state index is -0.358. The van der Waals surface area contributed by atoms with Crippen LogP contribution in [0.2, 0.25) is 5.02 Å². The minimum absolute atomic E-state index is 0.228. The van der Waals surface area contributed by atoms with Crippen LogP contribution in [0.15, 0.2) is 48.5 Å². The van der Waals surface area contributed by atoms with E-state index in [2.05, 4.69) is 15.6 Å². The molecular formula is C18H17ClN4O2. The Morgan fingerprint density at radius 3 is 2.68 bits per heavy atom. The van der Waals surface area contributed by atoms with Crippen molar-refractivity contribution in [2.24, 2.45) is 0 Å². The third-order valence-electron chi connectivity index (χ3n) is 3.63. The molecule has 7 heteroatoms. The van der Waals surface area contributed by atoms with Crippen molar-refractivity contribution in [1.82, 2.24) is 15.0 Å². The van der Waals surface area contributed by atoms with Crippen molar-refractivity contribution >= 4 is 23.2 Å². The molecule has 1 amide bonds. The van der Waals surface area contributed by atoms with E-state index in [-0.39, 0.29) is 11.6 Å². The molecule has 0 aliphatic carbocycles. The number of para-hydroxylation sites is 3. The average Bonchev–Trinajstić information content (AvgIpc) is 2.99. The van der Waals surface area contributed by atoms with Gasteiger partial charge in [0.25, 0.3) is 5.91 Å². The van der Waals surface area contributed by atoms with Gasteiger partial charge in [-0.1, -0.05) is 41.1 Å². The zero-order valence-corrected chi connectivity index (χ0v) is 14.6. The number of ether oxygens (including phenoxy) is 1. The average molecular weight is 357 g/mol. The number of carbonyl (C=O) groups is 1. The SMILES string of the molecule is CCOc1ccccc1NC(=O)c1nnn(-c2ccccc2Cl)c1C. The number of benzene rings is 2. The summed E-state index contributed by atoms with van der Waals surface area (Å²) in [6, 6.07) is 14.5. The molecule has 6 nitrogen and oxygen atoms in total. The van der Waals surface area contributed by atoms with Crippen molar-refractivity contribution in [2.75, 3.05) is 11.9 Å². The smallest absolute Gasteiger partial charge is 0.278 e. The highest BCUT2D eigenvalue weighted by Crippen LogP contribution is 2.25. The van der Waals surface area contributed by atoms with Gasteiger partial charge < -0.3 is 10.1 Å². The van der Waals surface area contributed by atoms with Crippen molar-refractivity contribution in [3.05, 3.63) is 64.9 Å². The number of carbonyl (C=O) groups excluding carboxylic acids is 1. The van der Waals surface area contributed by atoms with Gasteiger partial charge in [-0.25, -0.2) is 4.68 Å². The van der Waals surface area contributed by atoms with Crippen molar-refractivity contribution in [2.45, 2.75) is 13.8 Å². The molecule has 0 unspecified atom stereocenters. The van der Waals surface area contributed by atoms with Crippen LogP contribution in [0, 0.1) is 6.92 Å². The molecule has 2 aromatic carbocycles. The third-order valence-corrected chi connectivity index (χ3v) is 3.95. The number of hydrogen-bond donors (Lipinski definition) is 1.